The number of aryl methyl sites for hydroxylation is 1. The van der Waals surface area contributed by atoms with Crippen LogP contribution in [0, 0.1) is 5.92 Å². The predicted octanol–water partition coefficient (Wildman–Crippen LogP) is 6.21. The Kier molecular flexibility index (Phi) is 6.37. The van der Waals surface area contributed by atoms with Crippen LogP contribution < -0.4 is 9.64 Å². The van der Waals surface area contributed by atoms with Crippen LogP contribution >= 0.6 is 23.4 Å². The third-order valence-corrected chi connectivity index (χ3v) is 9.23. The number of carboxylic acids is 1. The Balaban J connectivity index is 1.52. The summed E-state index contributed by atoms with van der Waals surface area (Å²) in [6.45, 7) is 6.21. The van der Waals surface area contributed by atoms with Crippen LogP contribution in [0.3, 0.4) is 0 Å². The van der Waals surface area contributed by atoms with Gasteiger partial charge in [0.15, 0.2) is 0 Å². The molecule has 4 nitrogen and oxygen atoms in total. The van der Waals surface area contributed by atoms with Gasteiger partial charge in [-0.05, 0) is 79.5 Å². The molecule has 5 rings (SSSR count). The summed E-state index contributed by atoms with van der Waals surface area (Å²) in [6, 6.07) is 11.6. The van der Waals surface area contributed by atoms with E-state index in [4.69, 9.17) is 16.3 Å². The second-order valence-corrected chi connectivity index (χ2v) is 11.3. The van der Waals surface area contributed by atoms with E-state index in [0.717, 1.165) is 54.6 Å². The SMILES string of the molecule is C=CCS[C@@H]1CC[C@H]1CN1CC2(CCCc3cc(Cl)ccc32)COc2ccc(C(=O)O)cc21. The highest BCUT2D eigenvalue weighted by molar-refractivity contribution is 8.00. The molecular weight excluding hydrogens is 454 g/mol. The number of fused-ring (bicyclic) bond motifs is 3. The molecule has 6 heteroatoms. The Morgan fingerprint density at radius 2 is 2.18 bits per heavy atom. The van der Waals surface area contributed by atoms with E-state index in [1.807, 2.05) is 30.0 Å². The van der Waals surface area contributed by atoms with Crippen molar-refractivity contribution in [2.45, 2.75) is 42.8 Å². The topological polar surface area (TPSA) is 49.8 Å². The Hall–Kier alpha value is -2.11. The van der Waals surface area contributed by atoms with Gasteiger partial charge in [-0.15, -0.1) is 6.58 Å². The average molecular weight is 484 g/mol. The number of hydrogen-bond acceptors (Lipinski definition) is 4. The number of aromatic carboxylic acids is 1. The van der Waals surface area contributed by atoms with Crippen LogP contribution in [0.5, 0.6) is 5.75 Å². The molecule has 33 heavy (non-hydrogen) atoms. The first-order valence-electron chi connectivity index (χ1n) is 11.8. The molecule has 174 valence electrons. The van der Waals surface area contributed by atoms with Gasteiger partial charge in [-0.25, -0.2) is 4.79 Å². The molecule has 3 aliphatic rings. The second kappa shape index (κ2) is 9.27. The normalized spacial score (nSPS) is 25.9. The van der Waals surface area contributed by atoms with Gasteiger partial charge in [-0.2, -0.15) is 11.8 Å². The van der Waals surface area contributed by atoms with E-state index >= 15 is 0 Å². The van der Waals surface area contributed by atoms with Crippen molar-refractivity contribution in [1.29, 1.82) is 0 Å². The van der Waals surface area contributed by atoms with Crippen LogP contribution in [-0.2, 0) is 11.8 Å². The van der Waals surface area contributed by atoms with Gasteiger partial charge in [0, 0.05) is 34.5 Å². The lowest BCUT2D eigenvalue weighted by Gasteiger charge is -2.44. The second-order valence-electron chi connectivity index (χ2n) is 9.59. The highest BCUT2D eigenvalue weighted by Crippen LogP contribution is 2.46. The molecule has 2 aromatic carbocycles. The van der Waals surface area contributed by atoms with Gasteiger partial charge in [0.05, 0.1) is 17.9 Å². The van der Waals surface area contributed by atoms with Crippen molar-refractivity contribution in [3.05, 3.63) is 70.8 Å². The molecule has 0 aromatic heterocycles. The zero-order chi connectivity index (χ0) is 23.0. The average Bonchev–Trinajstić information content (AvgIpc) is 2.94. The fraction of sp³-hybridized carbons (Fsp3) is 0.444. The summed E-state index contributed by atoms with van der Waals surface area (Å²) in [7, 11) is 0. The van der Waals surface area contributed by atoms with Gasteiger partial charge in [-0.3, -0.25) is 0 Å². The number of carboxylic acid groups (broad SMARTS) is 1. The fourth-order valence-corrected chi connectivity index (χ4v) is 7.06. The minimum atomic E-state index is -0.905. The minimum absolute atomic E-state index is 0.131. The molecule has 0 bridgehead atoms. The van der Waals surface area contributed by atoms with Crippen molar-refractivity contribution < 1.29 is 14.6 Å². The number of benzene rings is 2. The standard InChI is InChI=1S/C27H30ClNO3S/c1-2-12-33-25-10-6-20(25)15-29-16-27(11-3-4-18-13-21(28)7-8-22(18)27)17-32-24-9-5-19(26(30)31)14-23(24)29/h2,5,7-9,13-14,20,25H,1,3-4,6,10-12,15-17H2,(H,30,31)/t20-,25+,27?/m0/s1. The summed E-state index contributed by atoms with van der Waals surface area (Å²) in [5.74, 6) is 1.44. The maximum atomic E-state index is 11.7. The molecule has 0 amide bonds. The summed E-state index contributed by atoms with van der Waals surface area (Å²) in [5, 5.41) is 11.0. The van der Waals surface area contributed by atoms with Crippen molar-refractivity contribution in [2.75, 3.05) is 30.3 Å². The van der Waals surface area contributed by atoms with Crippen LogP contribution in [0.1, 0.15) is 47.2 Å². The van der Waals surface area contributed by atoms with E-state index < -0.39 is 5.97 Å². The van der Waals surface area contributed by atoms with Gasteiger partial charge in [0.2, 0.25) is 0 Å². The number of anilines is 1. The summed E-state index contributed by atoms with van der Waals surface area (Å²) < 4.78 is 6.43. The van der Waals surface area contributed by atoms with E-state index in [2.05, 4.69) is 23.6 Å². The van der Waals surface area contributed by atoms with Gasteiger partial charge >= 0.3 is 5.97 Å². The number of thioether (sulfide) groups is 1. The molecule has 1 heterocycles. The maximum Gasteiger partial charge on any atom is 0.335 e. The zero-order valence-electron chi connectivity index (χ0n) is 18.8. The molecule has 2 aliphatic carbocycles. The Morgan fingerprint density at radius 1 is 1.30 bits per heavy atom. The van der Waals surface area contributed by atoms with E-state index in [1.165, 1.54) is 24.0 Å². The van der Waals surface area contributed by atoms with Gasteiger partial charge in [-0.1, -0.05) is 23.7 Å². The highest BCUT2D eigenvalue weighted by Gasteiger charge is 2.43. The Morgan fingerprint density at radius 3 is 2.94 bits per heavy atom. The number of carbonyl (C=O) groups is 1. The van der Waals surface area contributed by atoms with Crippen LogP contribution in [0.2, 0.25) is 5.02 Å². The Labute approximate surface area is 205 Å². The molecule has 1 N–H and O–H groups in total. The molecule has 1 fully saturated rings. The van der Waals surface area contributed by atoms with Crippen molar-refractivity contribution in [3.8, 4) is 5.75 Å². The number of nitrogens with zero attached hydrogens (tertiary/aromatic N) is 1. The quantitative estimate of drug-likeness (QED) is 0.495. The lowest BCUT2D eigenvalue weighted by Crippen LogP contribution is -2.49. The molecule has 3 atom stereocenters. The fourth-order valence-electron chi connectivity index (χ4n) is 5.69. The molecule has 0 radical (unpaired) electrons. The summed E-state index contributed by atoms with van der Waals surface area (Å²) >= 11 is 8.32. The van der Waals surface area contributed by atoms with Crippen LogP contribution in [0.25, 0.3) is 0 Å². The predicted molar refractivity (Wildman–Crippen MR) is 136 cm³/mol. The van der Waals surface area contributed by atoms with Gasteiger partial charge in [0.1, 0.15) is 5.75 Å². The van der Waals surface area contributed by atoms with E-state index in [-0.39, 0.29) is 5.41 Å². The van der Waals surface area contributed by atoms with Gasteiger partial charge in [0.25, 0.3) is 0 Å². The Bertz CT molecular complexity index is 1070. The highest BCUT2D eigenvalue weighted by atomic mass is 35.5. The number of ether oxygens (including phenoxy) is 1. The zero-order valence-corrected chi connectivity index (χ0v) is 20.3. The van der Waals surface area contributed by atoms with Crippen molar-refractivity contribution >= 4 is 35.0 Å². The molecule has 1 unspecified atom stereocenters. The number of hydrogen-bond donors (Lipinski definition) is 1. The molecule has 1 saturated carbocycles. The molecule has 1 aliphatic heterocycles. The molecular formula is C27H30ClNO3S. The largest absolute Gasteiger partial charge is 0.490 e. The number of halogens is 1. The molecule has 2 aromatic rings. The first-order chi connectivity index (χ1) is 16.0. The van der Waals surface area contributed by atoms with Crippen molar-refractivity contribution in [3.63, 3.8) is 0 Å². The monoisotopic (exact) mass is 483 g/mol. The molecule has 1 spiro atoms. The minimum Gasteiger partial charge on any atom is -0.490 e. The smallest absolute Gasteiger partial charge is 0.335 e. The third kappa shape index (κ3) is 4.38. The molecule has 0 saturated heterocycles. The van der Waals surface area contributed by atoms with E-state index in [0.29, 0.717) is 23.3 Å². The summed E-state index contributed by atoms with van der Waals surface area (Å²) in [4.78, 5) is 14.2. The van der Waals surface area contributed by atoms with E-state index in [9.17, 15) is 9.90 Å². The third-order valence-electron chi connectivity index (χ3n) is 7.51. The summed E-state index contributed by atoms with van der Waals surface area (Å²) in [5.41, 5.74) is 3.74. The van der Waals surface area contributed by atoms with E-state index in [1.54, 1.807) is 12.1 Å². The lowest BCUT2D eigenvalue weighted by molar-refractivity contribution is 0.0697. The first kappa shape index (κ1) is 22.7. The number of rotatable bonds is 6. The van der Waals surface area contributed by atoms with Gasteiger partial charge < -0.3 is 14.7 Å². The maximum absolute atomic E-state index is 11.7. The first-order valence-corrected chi connectivity index (χ1v) is 13.2. The van der Waals surface area contributed by atoms with Crippen LogP contribution in [-0.4, -0.2) is 41.8 Å². The van der Waals surface area contributed by atoms with Crippen LogP contribution in [0.15, 0.2) is 49.1 Å². The van der Waals surface area contributed by atoms with Crippen LogP contribution in [0.4, 0.5) is 5.69 Å². The van der Waals surface area contributed by atoms with Crippen molar-refractivity contribution in [1.82, 2.24) is 0 Å². The van der Waals surface area contributed by atoms with Crippen molar-refractivity contribution in [2.24, 2.45) is 5.92 Å². The lowest BCUT2D eigenvalue weighted by atomic mass is 9.70. The summed E-state index contributed by atoms with van der Waals surface area (Å²) in [6.07, 6.45) is 7.62.